The Morgan fingerprint density at radius 1 is 1.14 bits per heavy atom. The first kappa shape index (κ1) is 19.2. The van der Waals surface area contributed by atoms with Gasteiger partial charge in [-0.25, -0.2) is 9.13 Å². The fraction of sp³-hybridized carbons (Fsp3) is 0.333. The number of nitrogens with one attached hydrogen (secondary N) is 1. The summed E-state index contributed by atoms with van der Waals surface area (Å²) < 4.78 is 9.70. The molecule has 1 N–H and O–H groups in total. The van der Waals surface area contributed by atoms with Crippen LogP contribution in [0.5, 0.6) is 5.75 Å². The van der Waals surface area contributed by atoms with E-state index in [2.05, 4.69) is 51.8 Å². The maximum Gasteiger partial charge on any atom is 0.266 e. The Balaban J connectivity index is 1.59. The van der Waals surface area contributed by atoms with Gasteiger partial charge in [-0.15, -0.1) is 0 Å². The lowest BCUT2D eigenvalue weighted by atomic mass is 10.1. The molecule has 0 fully saturated rings. The molecular formula is C24H28N3O2+. The molecule has 3 aromatic rings. The van der Waals surface area contributed by atoms with Crippen LogP contribution in [-0.2, 0) is 24.3 Å². The van der Waals surface area contributed by atoms with E-state index in [9.17, 15) is 4.79 Å². The van der Waals surface area contributed by atoms with Crippen LogP contribution >= 0.6 is 0 Å². The van der Waals surface area contributed by atoms with E-state index in [0.29, 0.717) is 6.54 Å². The van der Waals surface area contributed by atoms with E-state index in [4.69, 9.17) is 4.74 Å². The van der Waals surface area contributed by atoms with E-state index < -0.39 is 0 Å². The second-order valence-corrected chi connectivity index (χ2v) is 7.86. The highest BCUT2D eigenvalue weighted by Crippen LogP contribution is 2.27. The number of hydrogen-bond donors (Lipinski definition) is 1. The molecule has 5 nitrogen and oxygen atoms in total. The van der Waals surface area contributed by atoms with Gasteiger partial charge in [0.1, 0.15) is 11.9 Å². The molecule has 1 aliphatic rings. The maximum absolute atomic E-state index is 12.8. The third-order valence-electron chi connectivity index (χ3n) is 5.64. The van der Waals surface area contributed by atoms with Gasteiger partial charge in [0.25, 0.3) is 11.7 Å². The quantitative estimate of drug-likeness (QED) is 0.671. The average molecular weight is 391 g/mol. The van der Waals surface area contributed by atoms with Gasteiger partial charge < -0.3 is 10.1 Å². The molecule has 5 heteroatoms. The zero-order valence-corrected chi connectivity index (χ0v) is 17.6. The summed E-state index contributed by atoms with van der Waals surface area (Å²) in [6, 6.07) is 12.3. The van der Waals surface area contributed by atoms with Gasteiger partial charge in [0.05, 0.1) is 20.1 Å². The number of carbonyl (C=O) groups excluding carboxylic acids is 1. The summed E-state index contributed by atoms with van der Waals surface area (Å²) in [6.07, 6.45) is 4.20. The first-order chi connectivity index (χ1) is 14.0. The van der Waals surface area contributed by atoms with Gasteiger partial charge >= 0.3 is 0 Å². The smallest absolute Gasteiger partial charge is 0.266 e. The Labute approximate surface area is 171 Å². The number of carbonyl (C=O) groups is 1. The molecule has 0 unspecified atom stereocenters. The molecule has 1 amide bonds. The molecule has 0 atom stereocenters. The third-order valence-corrected chi connectivity index (χ3v) is 5.64. The molecule has 0 saturated heterocycles. The maximum atomic E-state index is 12.8. The highest BCUT2D eigenvalue weighted by molar-refractivity contribution is 5.91. The van der Waals surface area contributed by atoms with Crippen LogP contribution in [0.3, 0.4) is 0 Å². The molecule has 150 valence electrons. The average Bonchev–Trinajstić information content (AvgIpc) is 3.29. The summed E-state index contributed by atoms with van der Waals surface area (Å²) >= 11 is 0. The van der Waals surface area contributed by atoms with Crippen molar-refractivity contribution in [3.63, 3.8) is 0 Å². The fourth-order valence-electron chi connectivity index (χ4n) is 4.35. The number of nitrogens with zero attached hydrogens (tertiary/aromatic N) is 2. The highest BCUT2D eigenvalue weighted by Gasteiger charge is 2.29. The lowest BCUT2D eigenvalue weighted by Gasteiger charge is -2.12. The number of ether oxygens (including phenoxy) is 1. The number of methoxy groups -OCH3 is 1. The van der Waals surface area contributed by atoms with Gasteiger partial charge in [-0.2, -0.15) is 0 Å². The summed E-state index contributed by atoms with van der Waals surface area (Å²) in [5.41, 5.74) is 6.62. The summed E-state index contributed by atoms with van der Waals surface area (Å²) in [4.78, 5) is 12.8. The topological polar surface area (TPSA) is 47.1 Å². The Bertz CT molecular complexity index is 1040. The van der Waals surface area contributed by atoms with Crippen LogP contribution in [0, 0.1) is 20.8 Å². The summed E-state index contributed by atoms with van der Waals surface area (Å²) in [5.74, 6) is 2.06. The van der Waals surface area contributed by atoms with Crippen LogP contribution in [0.4, 0.5) is 5.69 Å². The number of imidazole rings is 1. The van der Waals surface area contributed by atoms with E-state index >= 15 is 0 Å². The van der Waals surface area contributed by atoms with E-state index in [-0.39, 0.29) is 5.91 Å². The fourth-order valence-corrected chi connectivity index (χ4v) is 4.35. The number of fused-ring (bicyclic) bond motifs is 1. The summed E-state index contributed by atoms with van der Waals surface area (Å²) in [6.45, 7) is 7.47. The Morgan fingerprint density at radius 2 is 1.83 bits per heavy atom. The van der Waals surface area contributed by atoms with Crippen LogP contribution in [0.1, 0.15) is 28.9 Å². The van der Waals surface area contributed by atoms with Crippen LogP contribution in [0.25, 0.3) is 11.3 Å². The van der Waals surface area contributed by atoms with Gasteiger partial charge in [-0.05, 0) is 62.6 Å². The number of anilines is 1. The van der Waals surface area contributed by atoms with Crippen molar-refractivity contribution < 1.29 is 14.1 Å². The highest BCUT2D eigenvalue weighted by atomic mass is 16.5. The number of aromatic nitrogens is 2. The zero-order chi connectivity index (χ0) is 20.5. The van der Waals surface area contributed by atoms with Crippen molar-refractivity contribution in [2.24, 2.45) is 0 Å². The second kappa shape index (κ2) is 7.74. The van der Waals surface area contributed by atoms with Crippen LogP contribution < -0.4 is 14.6 Å². The Kier molecular flexibility index (Phi) is 5.14. The molecule has 0 aliphatic carbocycles. The van der Waals surface area contributed by atoms with Crippen LogP contribution in [0.2, 0.25) is 0 Å². The molecule has 1 aromatic heterocycles. The van der Waals surface area contributed by atoms with Crippen molar-refractivity contribution in [1.82, 2.24) is 4.57 Å². The van der Waals surface area contributed by atoms with Crippen molar-refractivity contribution in [1.29, 1.82) is 0 Å². The molecule has 2 aromatic carbocycles. The standard InChI is InChI=1S/C24H27N3O2/c1-16-12-17(2)24(18(3)13-16)25-22(28)15-26-14-21(27-11-5-6-23(26)27)19-7-9-20(29-4)10-8-19/h7-10,12-14H,5-6,11,15H2,1-4H3/p+1. The first-order valence-electron chi connectivity index (χ1n) is 10.1. The van der Waals surface area contributed by atoms with Crippen molar-refractivity contribution in [2.75, 3.05) is 12.4 Å². The lowest BCUT2D eigenvalue weighted by molar-refractivity contribution is -0.690. The molecule has 29 heavy (non-hydrogen) atoms. The van der Waals surface area contributed by atoms with Crippen LogP contribution in [0.15, 0.2) is 42.6 Å². The Morgan fingerprint density at radius 3 is 2.48 bits per heavy atom. The van der Waals surface area contributed by atoms with E-state index in [1.165, 1.54) is 11.4 Å². The van der Waals surface area contributed by atoms with Gasteiger partial charge in [-0.1, -0.05) is 17.7 Å². The van der Waals surface area contributed by atoms with Gasteiger partial charge in [0, 0.05) is 11.3 Å². The van der Waals surface area contributed by atoms with Gasteiger partial charge in [0.15, 0.2) is 12.2 Å². The van der Waals surface area contributed by atoms with E-state index in [0.717, 1.165) is 53.2 Å². The number of hydrogen-bond acceptors (Lipinski definition) is 2. The minimum Gasteiger partial charge on any atom is -0.497 e. The lowest BCUT2D eigenvalue weighted by Crippen LogP contribution is -2.42. The zero-order valence-electron chi connectivity index (χ0n) is 17.6. The SMILES string of the molecule is COc1ccc(-c2c[n+](CC(=O)Nc3c(C)cc(C)cc3C)c3n2CCC3)cc1. The van der Waals surface area contributed by atoms with Gasteiger partial charge in [-0.3, -0.25) is 4.79 Å². The number of benzene rings is 2. The third kappa shape index (κ3) is 3.77. The second-order valence-electron chi connectivity index (χ2n) is 7.86. The van der Waals surface area contributed by atoms with Crippen molar-refractivity contribution in [3.8, 4) is 17.0 Å². The molecule has 2 heterocycles. The first-order valence-corrected chi connectivity index (χ1v) is 10.1. The number of amides is 1. The number of rotatable bonds is 5. The molecular weight excluding hydrogens is 362 g/mol. The van der Waals surface area contributed by atoms with Crippen molar-refractivity contribution in [3.05, 3.63) is 65.1 Å². The van der Waals surface area contributed by atoms with Crippen molar-refractivity contribution >= 4 is 11.6 Å². The Hall–Kier alpha value is -3.08. The normalized spacial score (nSPS) is 12.7. The molecule has 0 spiro atoms. The predicted molar refractivity (Wildman–Crippen MR) is 114 cm³/mol. The molecule has 4 rings (SSSR count). The van der Waals surface area contributed by atoms with Gasteiger partial charge in [0.2, 0.25) is 0 Å². The van der Waals surface area contributed by atoms with E-state index in [1.807, 2.05) is 26.0 Å². The molecule has 0 radical (unpaired) electrons. The van der Waals surface area contributed by atoms with Crippen LogP contribution in [-0.4, -0.2) is 17.6 Å². The largest absolute Gasteiger partial charge is 0.497 e. The summed E-state index contributed by atoms with van der Waals surface area (Å²) in [7, 11) is 1.67. The molecule has 1 aliphatic heterocycles. The molecule has 0 saturated carbocycles. The number of aryl methyl sites for hydroxylation is 3. The minimum atomic E-state index is 0.00614. The van der Waals surface area contributed by atoms with E-state index in [1.54, 1.807) is 7.11 Å². The minimum absolute atomic E-state index is 0.00614. The molecule has 0 bridgehead atoms. The van der Waals surface area contributed by atoms with Crippen molar-refractivity contribution in [2.45, 2.75) is 46.7 Å². The monoisotopic (exact) mass is 390 g/mol. The summed E-state index contributed by atoms with van der Waals surface area (Å²) in [5, 5.41) is 3.12. The predicted octanol–water partition coefficient (Wildman–Crippen LogP) is 3.96.